The molecule has 19 heavy (non-hydrogen) atoms. The van der Waals surface area contributed by atoms with Gasteiger partial charge < -0.3 is 4.74 Å². The fourth-order valence-electron chi connectivity index (χ4n) is 2.03. The molecular weight excluding hydrogens is 264 g/mol. The van der Waals surface area contributed by atoms with Gasteiger partial charge in [0, 0.05) is 26.2 Å². The summed E-state index contributed by atoms with van der Waals surface area (Å²) in [6.45, 7) is 6.21. The Morgan fingerprint density at radius 1 is 1.32 bits per heavy atom. The fraction of sp³-hybridized carbons (Fsp3) is 0.538. The molecule has 6 heteroatoms. The van der Waals surface area contributed by atoms with Crippen LogP contribution in [0.4, 0.5) is 0 Å². The molecule has 0 unspecified atom stereocenters. The Balaban J connectivity index is 1.87. The van der Waals surface area contributed by atoms with Crippen LogP contribution in [0.15, 0.2) is 29.2 Å². The Labute approximate surface area is 114 Å². The lowest BCUT2D eigenvalue weighted by molar-refractivity contribution is 0.0390. The van der Waals surface area contributed by atoms with Crippen LogP contribution in [0.2, 0.25) is 0 Å². The molecule has 0 spiro atoms. The molecule has 0 aliphatic carbocycles. The standard InChI is InChI=1S/C13H20N2O3S/c1-12-3-2-4-13(11-12)19(16,17)14-5-6-15-7-9-18-10-8-15/h2-4,11,14H,5-10H2,1H3. The summed E-state index contributed by atoms with van der Waals surface area (Å²) in [5.74, 6) is 0. The third-order valence-electron chi connectivity index (χ3n) is 3.12. The van der Waals surface area contributed by atoms with Crippen molar-refractivity contribution in [3.05, 3.63) is 29.8 Å². The first-order chi connectivity index (χ1) is 9.08. The minimum Gasteiger partial charge on any atom is -0.379 e. The maximum atomic E-state index is 12.1. The van der Waals surface area contributed by atoms with Gasteiger partial charge in [-0.25, -0.2) is 13.1 Å². The minimum atomic E-state index is -3.39. The second kappa shape index (κ2) is 6.47. The van der Waals surface area contributed by atoms with E-state index < -0.39 is 10.0 Å². The highest BCUT2D eigenvalue weighted by Crippen LogP contribution is 2.10. The predicted molar refractivity (Wildman–Crippen MR) is 73.6 cm³/mol. The largest absolute Gasteiger partial charge is 0.379 e. The maximum Gasteiger partial charge on any atom is 0.240 e. The van der Waals surface area contributed by atoms with Gasteiger partial charge in [0.25, 0.3) is 0 Å². The molecule has 1 aliphatic heterocycles. The van der Waals surface area contributed by atoms with Crippen LogP contribution in [0.25, 0.3) is 0 Å². The number of ether oxygens (including phenoxy) is 1. The highest BCUT2D eigenvalue weighted by molar-refractivity contribution is 7.89. The number of aryl methyl sites for hydroxylation is 1. The average molecular weight is 284 g/mol. The first-order valence-electron chi connectivity index (χ1n) is 6.44. The zero-order valence-corrected chi connectivity index (χ0v) is 11.9. The lowest BCUT2D eigenvalue weighted by Gasteiger charge is -2.26. The van der Waals surface area contributed by atoms with E-state index in [4.69, 9.17) is 4.74 Å². The zero-order valence-electron chi connectivity index (χ0n) is 11.1. The van der Waals surface area contributed by atoms with Gasteiger partial charge in [0.05, 0.1) is 18.1 Å². The van der Waals surface area contributed by atoms with Crippen molar-refractivity contribution in [3.63, 3.8) is 0 Å². The molecule has 1 N–H and O–H groups in total. The second-order valence-electron chi connectivity index (χ2n) is 4.67. The number of sulfonamides is 1. The van der Waals surface area contributed by atoms with Crippen molar-refractivity contribution < 1.29 is 13.2 Å². The van der Waals surface area contributed by atoms with E-state index in [1.807, 2.05) is 13.0 Å². The number of rotatable bonds is 5. The maximum absolute atomic E-state index is 12.1. The van der Waals surface area contributed by atoms with Crippen molar-refractivity contribution >= 4 is 10.0 Å². The Kier molecular flexibility index (Phi) is 4.93. The van der Waals surface area contributed by atoms with Crippen molar-refractivity contribution in [2.75, 3.05) is 39.4 Å². The quantitative estimate of drug-likeness (QED) is 0.860. The van der Waals surface area contributed by atoms with Crippen LogP contribution in [0.5, 0.6) is 0 Å². The molecule has 0 saturated carbocycles. The number of hydrogen-bond acceptors (Lipinski definition) is 4. The molecule has 0 atom stereocenters. The third-order valence-corrected chi connectivity index (χ3v) is 4.58. The molecule has 1 fully saturated rings. The highest BCUT2D eigenvalue weighted by atomic mass is 32.2. The molecule has 1 aromatic carbocycles. The highest BCUT2D eigenvalue weighted by Gasteiger charge is 2.15. The van der Waals surface area contributed by atoms with Crippen molar-refractivity contribution in [3.8, 4) is 0 Å². The van der Waals surface area contributed by atoms with E-state index in [0.29, 0.717) is 18.0 Å². The molecule has 0 aromatic heterocycles. The van der Waals surface area contributed by atoms with E-state index in [1.54, 1.807) is 18.2 Å². The topological polar surface area (TPSA) is 58.6 Å². The van der Waals surface area contributed by atoms with Crippen LogP contribution in [0.3, 0.4) is 0 Å². The summed E-state index contributed by atoms with van der Waals surface area (Å²) in [7, 11) is -3.39. The van der Waals surface area contributed by atoms with Crippen molar-refractivity contribution in [1.29, 1.82) is 0 Å². The molecule has 5 nitrogen and oxygen atoms in total. The number of hydrogen-bond donors (Lipinski definition) is 1. The van der Waals surface area contributed by atoms with Crippen molar-refractivity contribution in [2.24, 2.45) is 0 Å². The Hall–Kier alpha value is -0.950. The van der Waals surface area contributed by atoms with Crippen LogP contribution in [-0.2, 0) is 14.8 Å². The molecule has 1 aromatic rings. The smallest absolute Gasteiger partial charge is 0.240 e. The van der Waals surface area contributed by atoms with Gasteiger partial charge in [-0.15, -0.1) is 0 Å². The zero-order chi connectivity index (χ0) is 13.7. The molecule has 0 radical (unpaired) electrons. The van der Waals surface area contributed by atoms with E-state index in [-0.39, 0.29) is 0 Å². The van der Waals surface area contributed by atoms with Crippen molar-refractivity contribution in [1.82, 2.24) is 9.62 Å². The number of benzene rings is 1. The van der Waals surface area contributed by atoms with E-state index in [0.717, 1.165) is 31.9 Å². The number of nitrogens with zero attached hydrogens (tertiary/aromatic N) is 1. The Morgan fingerprint density at radius 2 is 2.05 bits per heavy atom. The minimum absolute atomic E-state index is 0.328. The Morgan fingerprint density at radius 3 is 2.74 bits per heavy atom. The van der Waals surface area contributed by atoms with Gasteiger partial charge in [0.2, 0.25) is 10.0 Å². The molecule has 0 amide bonds. The predicted octanol–water partition coefficient (Wildman–Crippen LogP) is 0.606. The van der Waals surface area contributed by atoms with E-state index in [1.165, 1.54) is 0 Å². The summed E-state index contributed by atoms with van der Waals surface area (Å²) in [5.41, 5.74) is 0.941. The van der Waals surface area contributed by atoms with Gasteiger partial charge in [-0.1, -0.05) is 12.1 Å². The van der Waals surface area contributed by atoms with Crippen LogP contribution < -0.4 is 4.72 Å². The van der Waals surface area contributed by atoms with E-state index in [2.05, 4.69) is 9.62 Å². The SMILES string of the molecule is Cc1cccc(S(=O)(=O)NCCN2CCOCC2)c1. The first-order valence-corrected chi connectivity index (χ1v) is 7.93. The summed E-state index contributed by atoms with van der Waals surface area (Å²) < 4.78 is 32.0. The van der Waals surface area contributed by atoms with Crippen LogP contribution in [0, 0.1) is 6.92 Å². The lowest BCUT2D eigenvalue weighted by Crippen LogP contribution is -2.41. The number of nitrogens with one attached hydrogen (secondary N) is 1. The Bertz CT molecular complexity index is 510. The van der Waals surface area contributed by atoms with Crippen LogP contribution >= 0.6 is 0 Å². The third kappa shape index (κ3) is 4.28. The average Bonchev–Trinajstić information content (AvgIpc) is 2.40. The fourth-order valence-corrected chi connectivity index (χ4v) is 3.15. The first kappa shape index (κ1) is 14.5. The van der Waals surface area contributed by atoms with Gasteiger partial charge in [0.1, 0.15) is 0 Å². The molecule has 1 aliphatic rings. The van der Waals surface area contributed by atoms with Gasteiger partial charge in [0.15, 0.2) is 0 Å². The van der Waals surface area contributed by atoms with Gasteiger partial charge in [-0.05, 0) is 24.6 Å². The van der Waals surface area contributed by atoms with Crippen LogP contribution in [0.1, 0.15) is 5.56 Å². The summed E-state index contributed by atoms with van der Waals surface area (Å²) in [4.78, 5) is 2.52. The van der Waals surface area contributed by atoms with Gasteiger partial charge in [-0.2, -0.15) is 0 Å². The normalized spacial score (nSPS) is 17.5. The summed E-state index contributed by atoms with van der Waals surface area (Å²) in [6, 6.07) is 6.93. The van der Waals surface area contributed by atoms with E-state index >= 15 is 0 Å². The second-order valence-corrected chi connectivity index (χ2v) is 6.44. The molecule has 106 valence electrons. The summed E-state index contributed by atoms with van der Waals surface area (Å²) in [5, 5.41) is 0. The number of morpholine rings is 1. The van der Waals surface area contributed by atoms with Gasteiger partial charge >= 0.3 is 0 Å². The lowest BCUT2D eigenvalue weighted by atomic mass is 10.2. The summed E-state index contributed by atoms with van der Waals surface area (Å²) in [6.07, 6.45) is 0. The molecule has 1 saturated heterocycles. The monoisotopic (exact) mass is 284 g/mol. The molecule has 1 heterocycles. The van der Waals surface area contributed by atoms with E-state index in [9.17, 15) is 8.42 Å². The summed E-state index contributed by atoms with van der Waals surface area (Å²) >= 11 is 0. The van der Waals surface area contributed by atoms with Crippen LogP contribution in [-0.4, -0.2) is 52.7 Å². The molecular formula is C13H20N2O3S. The molecule has 0 bridgehead atoms. The molecule has 2 rings (SSSR count). The van der Waals surface area contributed by atoms with Crippen molar-refractivity contribution in [2.45, 2.75) is 11.8 Å². The van der Waals surface area contributed by atoms with Gasteiger partial charge in [-0.3, -0.25) is 4.90 Å².